The predicted octanol–water partition coefficient (Wildman–Crippen LogP) is 4.46. The highest BCUT2D eigenvalue weighted by Gasteiger charge is 2.21. The van der Waals surface area contributed by atoms with Gasteiger partial charge in [0.2, 0.25) is 0 Å². The van der Waals surface area contributed by atoms with Gasteiger partial charge in [0.15, 0.2) is 5.82 Å². The van der Waals surface area contributed by atoms with Crippen LogP contribution in [0.4, 0.5) is 11.5 Å². The molecule has 1 aromatic heterocycles. The Morgan fingerprint density at radius 1 is 1.52 bits per heavy atom. The fraction of sp³-hybridized carbons (Fsp3) is 0.571. The molecule has 0 spiro atoms. The van der Waals surface area contributed by atoms with Crippen LogP contribution in [0.15, 0.2) is 35.4 Å². The molecule has 0 bridgehead atoms. The maximum Gasteiger partial charge on any atom is 0.161 e. The zero-order valence-electron chi connectivity index (χ0n) is 17.6. The molecule has 0 amide bonds. The Hall–Kier alpha value is -1.66. The fourth-order valence-corrected chi connectivity index (χ4v) is 3.48. The van der Waals surface area contributed by atoms with Gasteiger partial charge in [0.25, 0.3) is 0 Å². The van der Waals surface area contributed by atoms with Crippen LogP contribution in [0, 0.1) is 5.92 Å². The minimum absolute atomic E-state index is 0.0688. The third-order valence-corrected chi connectivity index (χ3v) is 5.33. The number of hydrogen-bond donors (Lipinski definition) is 0. The van der Waals surface area contributed by atoms with Crippen molar-refractivity contribution in [1.29, 1.82) is 0 Å². The molecular weight excluding hydrogens is 356 g/mol. The minimum Gasteiger partial charge on any atom is -0.377 e. The highest BCUT2D eigenvalue weighted by atomic mass is 32.2. The van der Waals surface area contributed by atoms with Crippen LogP contribution < -0.4 is 4.90 Å². The summed E-state index contributed by atoms with van der Waals surface area (Å²) in [6, 6.07) is 4.62. The molecule has 0 radical (unpaired) electrons. The number of ether oxygens (including phenoxy) is 1. The Balaban J connectivity index is 2.58. The number of rotatable bonds is 7. The number of anilines is 1. The first-order valence-electron chi connectivity index (χ1n) is 9.59. The highest BCUT2D eigenvalue weighted by Crippen LogP contribution is 2.30. The zero-order valence-corrected chi connectivity index (χ0v) is 18.4. The van der Waals surface area contributed by atoms with E-state index in [4.69, 9.17) is 14.1 Å². The van der Waals surface area contributed by atoms with Crippen LogP contribution in [-0.4, -0.2) is 55.2 Å². The van der Waals surface area contributed by atoms with E-state index in [9.17, 15) is 0 Å². The molecule has 2 unspecified atom stereocenters. The largest absolute Gasteiger partial charge is 0.377 e. The van der Waals surface area contributed by atoms with Crippen LogP contribution in [0.5, 0.6) is 0 Å². The number of hydrogen-bond acceptors (Lipinski definition) is 5. The van der Waals surface area contributed by atoms with Crippen LogP contribution in [0.1, 0.15) is 32.9 Å². The van der Waals surface area contributed by atoms with Crippen molar-refractivity contribution in [2.75, 3.05) is 44.2 Å². The van der Waals surface area contributed by atoms with Crippen molar-refractivity contribution in [2.45, 2.75) is 33.2 Å². The molecule has 0 aliphatic carbocycles. The van der Waals surface area contributed by atoms with Crippen LogP contribution in [0.25, 0.3) is 5.70 Å². The summed E-state index contributed by atoms with van der Waals surface area (Å²) in [4.78, 5) is 9.31. The van der Waals surface area contributed by atoms with E-state index >= 15 is 0 Å². The Kier molecular flexibility index (Phi) is 8.05. The van der Waals surface area contributed by atoms with E-state index in [0.717, 1.165) is 49.1 Å². The molecule has 1 aliphatic heterocycles. The third-order valence-electron chi connectivity index (χ3n) is 4.77. The van der Waals surface area contributed by atoms with Crippen molar-refractivity contribution < 1.29 is 4.74 Å². The Morgan fingerprint density at radius 2 is 2.26 bits per heavy atom. The van der Waals surface area contributed by atoms with E-state index in [-0.39, 0.29) is 10.7 Å². The van der Waals surface area contributed by atoms with Gasteiger partial charge in [-0.2, -0.15) is 0 Å². The first-order valence-corrected chi connectivity index (χ1v) is 11.6. The van der Waals surface area contributed by atoms with Crippen molar-refractivity contribution in [1.82, 2.24) is 9.88 Å². The van der Waals surface area contributed by atoms with Gasteiger partial charge in [-0.1, -0.05) is 43.6 Å². The fourth-order valence-electron chi connectivity index (χ4n) is 3.01. The van der Waals surface area contributed by atoms with Crippen molar-refractivity contribution in [3.05, 3.63) is 36.7 Å². The summed E-state index contributed by atoms with van der Waals surface area (Å²) < 4.78 is 10.4. The second-order valence-corrected chi connectivity index (χ2v) is 9.01. The highest BCUT2D eigenvalue weighted by molar-refractivity contribution is 7.85. The quantitative estimate of drug-likeness (QED) is 0.689. The lowest BCUT2D eigenvalue weighted by Crippen LogP contribution is -2.43. The van der Waals surface area contributed by atoms with Gasteiger partial charge in [0.05, 0.1) is 24.6 Å². The lowest BCUT2D eigenvalue weighted by atomic mass is 10.1. The molecule has 2 heterocycles. The molecule has 2 atom stereocenters. The molecule has 5 nitrogen and oxygen atoms in total. The average Bonchev–Trinajstić information content (AvgIpc) is 2.64. The summed E-state index contributed by atoms with van der Waals surface area (Å²) in [5, 5.41) is 0. The SMILES string of the molecule is C=CN(C)/C(=C\C(C)CC)c1cc(N2CCOCC2C)cc(N=S(C)C)n1. The van der Waals surface area contributed by atoms with Gasteiger partial charge >= 0.3 is 0 Å². The van der Waals surface area contributed by atoms with Gasteiger partial charge in [0, 0.05) is 31.4 Å². The Morgan fingerprint density at radius 3 is 2.85 bits per heavy atom. The van der Waals surface area contributed by atoms with E-state index in [1.54, 1.807) is 0 Å². The van der Waals surface area contributed by atoms with Crippen LogP contribution in [0.3, 0.4) is 0 Å². The molecule has 1 aromatic rings. The normalized spacial score (nSPS) is 19.1. The van der Waals surface area contributed by atoms with Gasteiger partial charge < -0.3 is 14.5 Å². The number of aromatic nitrogens is 1. The van der Waals surface area contributed by atoms with E-state index in [1.807, 2.05) is 18.1 Å². The molecule has 1 aliphatic rings. The summed E-state index contributed by atoms with van der Waals surface area (Å²) in [6.07, 6.45) is 9.41. The average molecular weight is 391 g/mol. The van der Waals surface area contributed by atoms with Crippen LogP contribution in [0.2, 0.25) is 0 Å². The summed E-state index contributed by atoms with van der Waals surface area (Å²) in [6.45, 7) is 13.0. The monoisotopic (exact) mass is 390 g/mol. The molecule has 1 fully saturated rings. The van der Waals surface area contributed by atoms with Crippen molar-refractivity contribution in [3.63, 3.8) is 0 Å². The van der Waals surface area contributed by atoms with Crippen LogP contribution in [-0.2, 0) is 15.4 Å². The van der Waals surface area contributed by atoms with Crippen molar-refractivity contribution in [3.8, 4) is 0 Å². The maximum absolute atomic E-state index is 5.62. The first-order chi connectivity index (χ1) is 12.8. The molecular formula is C21H34N4OS. The molecule has 0 N–H and O–H groups in total. The van der Waals surface area contributed by atoms with Gasteiger partial charge in [-0.25, -0.2) is 9.35 Å². The van der Waals surface area contributed by atoms with Gasteiger partial charge in [-0.3, -0.25) is 0 Å². The second kappa shape index (κ2) is 10.0. The second-order valence-electron chi connectivity index (χ2n) is 7.28. The standard InChI is InChI=1S/C21H34N4OS/c1-8-16(3)12-20(24(5)9-2)19-13-18(14-21(22-19)23-27(6)7)25-10-11-26-15-17(25)4/h9,12-14,16-17H,2,8,10-11,15H2,1,3-7H3/b20-12-. The van der Waals surface area contributed by atoms with Crippen LogP contribution >= 0.6 is 0 Å². The molecule has 2 rings (SSSR count). The van der Waals surface area contributed by atoms with Crippen molar-refractivity contribution >= 4 is 27.9 Å². The summed E-state index contributed by atoms with van der Waals surface area (Å²) in [7, 11) is 1.95. The first kappa shape index (κ1) is 21.6. The smallest absolute Gasteiger partial charge is 0.161 e. The van der Waals surface area contributed by atoms with Gasteiger partial charge in [-0.15, -0.1) is 0 Å². The predicted molar refractivity (Wildman–Crippen MR) is 119 cm³/mol. The third kappa shape index (κ3) is 5.91. The lowest BCUT2D eigenvalue weighted by Gasteiger charge is -2.35. The topological polar surface area (TPSA) is 41.0 Å². The molecule has 150 valence electrons. The molecule has 1 saturated heterocycles. The molecule has 6 heteroatoms. The van der Waals surface area contributed by atoms with E-state index in [0.29, 0.717) is 12.0 Å². The van der Waals surface area contributed by atoms with E-state index in [2.05, 4.69) is 63.0 Å². The Labute approximate surface area is 167 Å². The number of allylic oxidation sites excluding steroid dienone is 1. The lowest BCUT2D eigenvalue weighted by molar-refractivity contribution is 0.0989. The summed E-state index contributed by atoms with van der Waals surface area (Å²) >= 11 is 0. The van der Waals surface area contributed by atoms with Crippen molar-refractivity contribution in [2.24, 2.45) is 10.3 Å². The number of pyridine rings is 1. The zero-order chi connectivity index (χ0) is 20.0. The minimum atomic E-state index is -0.0688. The molecule has 27 heavy (non-hydrogen) atoms. The Bertz CT molecular complexity index is 712. The number of nitrogens with zero attached hydrogens (tertiary/aromatic N) is 4. The molecule has 0 saturated carbocycles. The maximum atomic E-state index is 5.62. The molecule has 0 aromatic carbocycles. The number of morpholine rings is 1. The summed E-state index contributed by atoms with van der Waals surface area (Å²) in [5.41, 5.74) is 3.18. The van der Waals surface area contributed by atoms with E-state index < -0.39 is 0 Å². The van der Waals surface area contributed by atoms with Gasteiger partial charge in [0.1, 0.15) is 0 Å². The van der Waals surface area contributed by atoms with E-state index in [1.165, 1.54) is 0 Å². The summed E-state index contributed by atoms with van der Waals surface area (Å²) in [5.74, 6) is 1.25. The van der Waals surface area contributed by atoms with Gasteiger partial charge in [-0.05, 0) is 37.6 Å².